The first-order valence-electron chi connectivity index (χ1n) is 6.81. The maximum absolute atomic E-state index is 11.7. The summed E-state index contributed by atoms with van der Waals surface area (Å²) in [5, 5.41) is 30.1. The zero-order chi connectivity index (χ0) is 18.0. The van der Waals surface area contributed by atoms with Crippen LogP contribution in [0.5, 0.6) is 0 Å². The third-order valence-corrected chi connectivity index (χ3v) is 3.27. The molecule has 0 saturated heterocycles. The molecule has 0 saturated carbocycles. The summed E-state index contributed by atoms with van der Waals surface area (Å²) in [7, 11) is 1.31. The third-order valence-electron chi connectivity index (χ3n) is 3.27. The van der Waals surface area contributed by atoms with E-state index in [0.717, 1.165) is 0 Å². The van der Waals surface area contributed by atoms with Crippen LogP contribution in [0.4, 0.5) is 0 Å². The molecule has 1 amide bonds. The Morgan fingerprint density at radius 1 is 1.09 bits per heavy atom. The van der Waals surface area contributed by atoms with E-state index in [9.17, 15) is 34.5 Å². The number of rotatable bonds is 12. The van der Waals surface area contributed by atoms with Gasteiger partial charge < -0.3 is 25.4 Å². The van der Waals surface area contributed by atoms with Gasteiger partial charge in [0.2, 0.25) is 5.91 Å². The average Bonchev–Trinajstić information content (AvgIpc) is 2.46. The summed E-state index contributed by atoms with van der Waals surface area (Å²) in [4.78, 5) is 45.8. The molecule has 0 aliphatic rings. The van der Waals surface area contributed by atoms with Crippen molar-refractivity contribution in [3.63, 3.8) is 0 Å². The summed E-state index contributed by atoms with van der Waals surface area (Å²) < 4.78 is 4.73. The van der Waals surface area contributed by atoms with Gasteiger partial charge in [-0.1, -0.05) is 6.08 Å². The minimum absolute atomic E-state index is 0.0459. The Labute approximate surface area is 132 Å². The number of carbonyl (C=O) groups excluding carboxylic acids is 1. The van der Waals surface area contributed by atoms with Crippen molar-refractivity contribution in [3.8, 4) is 0 Å². The van der Waals surface area contributed by atoms with Gasteiger partial charge in [-0.3, -0.25) is 19.2 Å². The molecule has 0 aromatic carbocycles. The number of hydrogen-bond donors (Lipinski definition) is 4. The first kappa shape index (κ1) is 20.6. The fraction of sp³-hybridized carbons (Fsp3) is 0.571. The molecule has 130 valence electrons. The molecule has 0 radical (unpaired) electrons. The van der Waals surface area contributed by atoms with Crippen molar-refractivity contribution in [2.24, 2.45) is 17.8 Å². The summed E-state index contributed by atoms with van der Waals surface area (Å²) >= 11 is 0. The van der Waals surface area contributed by atoms with Crippen LogP contribution in [0.25, 0.3) is 0 Å². The van der Waals surface area contributed by atoms with Crippen molar-refractivity contribution >= 4 is 23.8 Å². The van der Waals surface area contributed by atoms with Gasteiger partial charge in [0.05, 0.1) is 17.8 Å². The molecule has 0 aromatic rings. The normalized spacial score (nSPS) is 14.3. The second-order valence-electron chi connectivity index (χ2n) is 4.83. The highest BCUT2D eigenvalue weighted by molar-refractivity contribution is 5.89. The van der Waals surface area contributed by atoms with Gasteiger partial charge in [0, 0.05) is 26.7 Å². The molecule has 23 heavy (non-hydrogen) atoms. The maximum atomic E-state index is 11.7. The van der Waals surface area contributed by atoms with Crippen LogP contribution in [0.3, 0.4) is 0 Å². The minimum Gasteiger partial charge on any atom is -0.481 e. The Kier molecular flexibility index (Phi) is 9.24. The SMILES string of the molecule is C=CCNC(=O)CC(C(=O)O)C(C(=O)O)C(CCOC)C(=O)O. The highest BCUT2D eigenvalue weighted by atomic mass is 16.5. The molecule has 0 bridgehead atoms. The van der Waals surface area contributed by atoms with Crippen LogP contribution >= 0.6 is 0 Å². The van der Waals surface area contributed by atoms with E-state index in [4.69, 9.17) is 4.74 Å². The summed E-state index contributed by atoms with van der Waals surface area (Å²) in [6.07, 6.45) is 0.554. The van der Waals surface area contributed by atoms with Crippen LogP contribution in [-0.2, 0) is 23.9 Å². The number of nitrogens with one attached hydrogen (secondary N) is 1. The quantitative estimate of drug-likeness (QED) is 0.360. The third kappa shape index (κ3) is 6.92. The molecule has 0 spiro atoms. The van der Waals surface area contributed by atoms with Crippen LogP contribution < -0.4 is 5.32 Å². The standard InChI is InChI=1S/C14H21NO8/c1-3-5-15-10(16)7-9(13(19)20)11(14(21)22)8(12(17)18)4-6-23-2/h3,8-9,11H,1,4-7H2,2H3,(H,15,16)(H,17,18)(H,19,20)(H,21,22). The number of amides is 1. The van der Waals surface area contributed by atoms with E-state index in [2.05, 4.69) is 11.9 Å². The largest absolute Gasteiger partial charge is 0.481 e. The Balaban J connectivity index is 5.40. The van der Waals surface area contributed by atoms with Gasteiger partial charge in [-0.05, 0) is 6.42 Å². The molecule has 3 unspecified atom stereocenters. The van der Waals surface area contributed by atoms with Gasteiger partial charge in [-0.2, -0.15) is 0 Å². The molecular weight excluding hydrogens is 310 g/mol. The van der Waals surface area contributed by atoms with E-state index < -0.39 is 48.0 Å². The van der Waals surface area contributed by atoms with Gasteiger partial charge in [0.15, 0.2) is 0 Å². The highest BCUT2D eigenvalue weighted by Gasteiger charge is 2.43. The lowest BCUT2D eigenvalue weighted by Gasteiger charge is -2.25. The van der Waals surface area contributed by atoms with Gasteiger partial charge in [0.25, 0.3) is 0 Å². The molecule has 4 N–H and O–H groups in total. The van der Waals surface area contributed by atoms with Crippen molar-refractivity contribution in [2.75, 3.05) is 20.3 Å². The van der Waals surface area contributed by atoms with Crippen molar-refractivity contribution < 1.29 is 39.2 Å². The molecule has 0 rings (SSSR count). The molecular formula is C14H21NO8. The first-order chi connectivity index (χ1) is 10.8. The predicted octanol–water partition coefficient (Wildman–Crippen LogP) is -0.182. The molecule has 0 aliphatic heterocycles. The Morgan fingerprint density at radius 3 is 2.04 bits per heavy atom. The zero-order valence-corrected chi connectivity index (χ0v) is 12.7. The van der Waals surface area contributed by atoms with Crippen LogP contribution in [0.2, 0.25) is 0 Å². The molecule has 9 nitrogen and oxygen atoms in total. The van der Waals surface area contributed by atoms with Gasteiger partial charge in [0.1, 0.15) is 0 Å². The van der Waals surface area contributed by atoms with Crippen molar-refractivity contribution in [3.05, 3.63) is 12.7 Å². The van der Waals surface area contributed by atoms with Crippen molar-refractivity contribution in [1.82, 2.24) is 5.32 Å². The van der Waals surface area contributed by atoms with Gasteiger partial charge in [-0.25, -0.2) is 0 Å². The molecule has 3 atom stereocenters. The molecule has 9 heteroatoms. The fourth-order valence-corrected chi connectivity index (χ4v) is 2.15. The number of ether oxygens (including phenoxy) is 1. The summed E-state index contributed by atoms with van der Waals surface area (Å²) in [5.74, 6) is -10.2. The monoisotopic (exact) mass is 331 g/mol. The van der Waals surface area contributed by atoms with E-state index in [-0.39, 0.29) is 19.6 Å². The van der Waals surface area contributed by atoms with E-state index in [1.54, 1.807) is 0 Å². The van der Waals surface area contributed by atoms with E-state index >= 15 is 0 Å². The summed E-state index contributed by atoms with van der Waals surface area (Å²) in [5.41, 5.74) is 0. The van der Waals surface area contributed by atoms with E-state index in [1.165, 1.54) is 13.2 Å². The number of methoxy groups -OCH3 is 1. The number of carboxylic acid groups (broad SMARTS) is 3. The van der Waals surface area contributed by atoms with E-state index in [0.29, 0.717) is 0 Å². The van der Waals surface area contributed by atoms with Gasteiger partial charge >= 0.3 is 17.9 Å². The van der Waals surface area contributed by atoms with Crippen molar-refractivity contribution in [2.45, 2.75) is 12.8 Å². The Morgan fingerprint density at radius 2 is 1.65 bits per heavy atom. The van der Waals surface area contributed by atoms with Crippen LogP contribution in [0.15, 0.2) is 12.7 Å². The number of hydrogen-bond acceptors (Lipinski definition) is 5. The van der Waals surface area contributed by atoms with E-state index in [1.807, 2.05) is 0 Å². The summed E-state index contributed by atoms with van der Waals surface area (Å²) in [6.45, 7) is 3.42. The highest BCUT2D eigenvalue weighted by Crippen LogP contribution is 2.28. The Bertz CT molecular complexity index is 462. The Hall–Kier alpha value is -2.42. The molecule has 0 heterocycles. The summed E-state index contributed by atoms with van der Waals surface area (Å²) in [6, 6.07) is 0. The fourth-order valence-electron chi connectivity index (χ4n) is 2.15. The lowest BCUT2D eigenvalue weighted by molar-refractivity contribution is -0.163. The first-order valence-corrected chi connectivity index (χ1v) is 6.81. The van der Waals surface area contributed by atoms with Gasteiger partial charge in [-0.15, -0.1) is 6.58 Å². The smallest absolute Gasteiger partial charge is 0.308 e. The topological polar surface area (TPSA) is 150 Å². The number of carboxylic acids is 3. The number of carbonyl (C=O) groups is 4. The number of aliphatic carboxylic acids is 3. The molecule has 0 aliphatic carbocycles. The molecule has 0 fully saturated rings. The average molecular weight is 331 g/mol. The lowest BCUT2D eigenvalue weighted by Crippen LogP contribution is -2.42. The zero-order valence-electron chi connectivity index (χ0n) is 12.7. The second kappa shape index (κ2) is 10.3. The van der Waals surface area contributed by atoms with Crippen LogP contribution in [0.1, 0.15) is 12.8 Å². The van der Waals surface area contributed by atoms with Crippen LogP contribution in [0, 0.1) is 17.8 Å². The minimum atomic E-state index is -1.75. The van der Waals surface area contributed by atoms with Crippen molar-refractivity contribution in [1.29, 1.82) is 0 Å². The predicted molar refractivity (Wildman–Crippen MR) is 77.7 cm³/mol. The molecule has 0 aromatic heterocycles. The second-order valence-corrected chi connectivity index (χ2v) is 4.83. The maximum Gasteiger partial charge on any atom is 0.308 e. The lowest BCUT2D eigenvalue weighted by atomic mass is 9.78. The van der Waals surface area contributed by atoms with Crippen LogP contribution in [-0.4, -0.2) is 59.4 Å².